The van der Waals surface area contributed by atoms with E-state index in [4.69, 9.17) is 5.11 Å². The van der Waals surface area contributed by atoms with Gasteiger partial charge in [-0.25, -0.2) is 4.79 Å². The topological polar surface area (TPSA) is 57.5 Å². The minimum absolute atomic E-state index is 0.564. The van der Waals surface area contributed by atoms with Gasteiger partial charge in [0.1, 0.15) is 0 Å². The Labute approximate surface area is 84.1 Å². The summed E-state index contributed by atoms with van der Waals surface area (Å²) in [6, 6.07) is 8.92. The second kappa shape index (κ2) is 4.39. The summed E-state index contributed by atoms with van der Waals surface area (Å²) >= 11 is 3.12. The number of hydrogen-bond donors (Lipinski definition) is 2. The van der Waals surface area contributed by atoms with Crippen molar-refractivity contribution in [2.45, 2.75) is 10.9 Å². The van der Waals surface area contributed by atoms with Gasteiger partial charge < -0.3 is 10.2 Å². The van der Waals surface area contributed by atoms with Gasteiger partial charge in [-0.1, -0.05) is 46.3 Å². The summed E-state index contributed by atoms with van der Waals surface area (Å²) < 4.78 is 0. The predicted octanol–water partition coefficient (Wildman–Crippen LogP) is 1.57. The third-order valence-electron chi connectivity index (χ3n) is 1.65. The largest absolute Gasteiger partial charge is 0.479 e. The Balaban J connectivity index is 2.79. The van der Waals surface area contributed by atoms with Crippen molar-refractivity contribution >= 4 is 21.9 Å². The molecular weight excluding hydrogens is 236 g/mol. The monoisotopic (exact) mass is 244 g/mol. The normalized spacial score (nSPS) is 14.9. The van der Waals surface area contributed by atoms with Crippen molar-refractivity contribution in [2.75, 3.05) is 0 Å². The molecule has 3 nitrogen and oxygen atoms in total. The van der Waals surface area contributed by atoms with Crippen LogP contribution >= 0.6 is 15.9 Å². The number of hydrogen-bond acceptors (Lipinski definition) is 2. The molecule has 0 aromatic heterocycles. The van der Waals surface area contributed by atoms with Gasteiger partial charge in [-0.05, 0) is 5.56 Å². The lowest BCUT2D eigenvalue weighted by Gasteiger charge is -2.12. The lowest BCUT2D eigenvalue weighted by Crippen LogP contribution is -2.24. The fraction of sp³-hybridized carbons (Fsp3) is 0.222. The molecule has 0 fully saturated rings. The van der Waals surface area contributed by atoms with Gasteiger partial charge in [-0.15, -0.1) is 0 Å². The molecule has 4 heteroatoms. The first-order valence-electron chi connectivity index (χ1n) is 3.73. The maximum absolute atomic E-state index is 10.4. The van der Waals surface area contributed by atoms with E-state index in [0.717, 1.165) is 5.56 Å². The van der Waals surface area contributed by atoms with E-state index in [-0.39, 0.29) is 0 Å². The Kier molecular flexibility index (Phi) is 3.45. The first kappa shape index (κ1) is 10.2. The van der Waals surface area contributed by atoms with Crippen LogP contribution in [0.15, 0.2) is 30.3 Å². The van der Waals surface area contributed by atoms with Gasteiger partial charge in [0.05, 0.1) is 4.83 Å². The number of aliphatic hydroxyl groups is 1. The number of alkyl halides is 1. The first-order chi connectivity index (χ1) is 6.13. The van der Waals surface area contributed by atoms with Crippen molar-refractivity contribution in [2.24, 2.45) is 0 Å². The van der Waals surface area contributed by atoms with Crippen molar-refractivity contribution in [1.29, 1.82) is 0 Å². The van der Waals surface area contributed by atoms with E-state index in [9.17, 15) is 9.90 Å². The summed E-state index contributed by atoms with van der Waals surface area (Å²) in [4.78, 5) is 9.87. The number of rotatable bonds is 3. The third kappa shape index (κ3) is 2.54. The molecule has 0 aliphatic heterocycles. The highest BCUT2D eigenvalue weighted by Gasteiger charge is 2.24. The molecule has 0 aliphatic carbocycles. The van der Waals surface area contributed by atoms with Crippen LogP contribution in [0.25, 0.3) is 0 Å². The van der Waals surface area contributed by atoms with Gasteiger partial charge in [0.15, 0.2) is 6.10 Å². The number of carboxylic acids is 1. The van der Waals surface area contributed by atoms with Crippen LogP contribution in [-0.4, -0.2) is 22.3 Å². The average molecular weight is 245 g/mol. The van der Waals surface area contributed by atoms with Crippen LogP contribution in [-0.2, 0) is 4.79 Å². The Morgan fingerprint density at radius 3 is 2.31 bits per heavy atom. The zero-order valence-electron chi connectivity index (χ0n) is 6.72. The summed E-state index contributed by atoms with van der Waals surface area (Å²) in [6.45, 7) is 0. The molecule has 1 rings (SSSR count). The minimum Gasteiger partial charge on any atom is -0.479 e. The fourth-order valence-corrected chi connectivity index (χ4v) is 1.48. The highest BCUT2D eigenvalue weighted by Crippen LogP contribution is 2.26. The van der Waals surface area contributed by atoms with Gasteiger partial charge in [0.2, 0.25) is 0 Å². The van der Waals surface area contributed by atoms with Crippen molar-refractivity contribution in [3.05, 3.63) is 35.9 Å². The third-order valence-corrected chi connectivity index (χ3v) is 2.68. The molecule has 0 saturated carbocycles. The second-order valence-corrected chi connectivity index (χ2v) is 3.58. The highest BCUT2D eigenvalue weighted by atomic mass is 79.9. The van der Waals surface area contributed by atoms with Crippen molar-refractivity contribution < 1.29 is 15.0 Å². The first-order valence-corrected chi connectivity index (χ1v) is 4.64. The minimum atomic E-state index is -1.41. The SMILES string of the molecule is O=C(O)C(O)C(Br)c1ccccc1. The van der Waals surface area contributed by atoms with Gasteiger partial charge in [0.25, 0.3) is 0 Å². The summed E-state index contributed by atoms with van der Waals surface area (Å²) in [6.07, 6.45) is -1.41. The maximum atomic E-state index is 10.4. The molecular formula is C9H9BrO3. The fourth-order valence-electron chi connectivity index (χ4n) is 0.944. The lowest BCUT2D eigenvalue weighted by atomic mass is 10.1. The van der Waals surface area contributed by atoms with Crippen molar-refractivity contribution in [3.63, 3.8) is 0 Å². The van der Waals surface area contributed by atoms with Gasteiger partial charge in [-0.3, -0.25) is 0 Å². The summed E-state index contributed by atoms with van der Waals surface area (Å²) in [7, 11) is 0. The number of benzene rings is 1. The number of carbonyl (C=O) groups is 1. The molecule has 0 aliphatic rings. The molecule has 2 unspecified atom stereocenters. The molecule has 2 N–H and O–H groups in total. The Bertz CT molecular complexity index is 286. The van der Waals surface area contributed by atoms with Crippen LogP contribution in [0.4, 0.5) is 0 Å². The van der Waals surface area contributed by atoms with Crippen LogP contribution in [0.5, 0.6) is 0 Å². The molecule has 70 valence electrons. The quantitative estimate of drug-likeness (QED) is 0.794. The van der Waals surface area contributed by atoms with Crippen LogP contribution in [0.2, 0.25) is 0 Å². The number of halogens is 1. The smallest absolute Gasteiger partial charge is 0.334 e. The zero-order valence-corrected chi connectivity index (χ0v) is 8.31. The zero-order chi connectivity index (χ0) is 9.84. The maximum Gasteiger partial charge on any atom is 0.334 e. The van der Waals surface area contributed by atoms with Gasteiger partial charge in [-0.2, -0.15) is 0 Å². The molecule has 0 radical (unpaired) electrons. The molecule has 13 heavy (non-hydrogen) atoms. The predicted molar refractivity (Wildman–Crippen MR) is 51.8 cm³/mol. The summed E-state index contributed by atoms with van der Waals surface area (Å²) in [5.74, 6) is -1.23. The highest BCUT2D eigenvalue weighted by molar-refractivity contribution is 9.09. The molecule has 0 spiro atoms. The van der Waals surface area contributed by atoms with Crippen molar-refractivity contribution in [3.8, 4) is 0 Å². The molecule has 2 atom stereocenters. The van der Waals surface area contributed by atoms with E-state index in [0.29, 0.717) is 0 Å². The Morgan fingerprint density at radius 2 is 1.85 bits per heavy atom. The molecule has 1 aromatic rings. The molecule has 0 saturated heterocycles. The molecule has 0 heterocycles. The Morgan fingerprint density at radius 1 is 1.31 bits per heavy atom. The van der Waals surface area contributed by atoms with E-state index in [1.165, 1.54) is 0 Å². The van der Waals surface area contributed by atoms with Gasteiger partial charge in [0, 0.05) is 0 Å². The lowest BCUT2D eigenvalue weighted by molar-refractivity contribution is -0.146. The van der Waals surface area contributed by atoms with Gasteiger partial charge >= 0.3 is 5.97 Å². The average Bonchev–Trinajstić information content (AvgIpc) is 2.17. The van der Waals surface area contributed by atoms with E-state index >= 15 is 0 Å². The number of carboxylic acid groups (broad SMARTS) is 1. The number of aliphatic hydroxyl groups excluding tert-OH is 1. The van der Waals surface area contributed by atoms with E-state index < -0.39 is 16.9 Å². The van der Waals surface area contributed by atoms with E-state index in [1.807, 2.05) is 6.07 Å². The molecule has 0 bridgehead atoms. The standard InChI is InChI=1S/C9H9BrO3/c10-7(8(11)9(12)13)6-4-2-1-3-5-6/h1-5,7-8,11H,(H,12,13). The summed E-state index contributed by atoms with van der Waals surface area (Å²) in [5, 5.41) is 17.7. The van der Waals surface area contributed by atoms with Crippen molar-refractivity contribution in [1.82, 2.24) is 0 Å². The van der Waals surface area contributed by atoms with Crippen LogP contribution in [0.1, 0.15) is 10.4 Å². The van der Waals surface area contributed by atoms with Crippen LogP contribution in [0, 0.1) is 0 Å². The second-order valence-electron chi connectivity index (χ2n) is 2.60. The van der Waals surface area contributed by atoms with E-state index in [1.54, 1.807) is 24.3 Å². The van der Waals surface area contributed by atoms with Crippen LogP contribution < -0.4 is 0 Å². The number of aliphatic carboxylic acids is 1. The van der Waals surface area contributed by atoms with Crippen LogP contribution in [0.3, 0.4) is 0 Å². The summed E-state index contributed by atoms with van der Waals surface area (Å²) in [5.41, 5.74) is 0.748. The Hall–Kier alpha value is -0.870. The molecule has 0 amide bonds. The van der Waals surface area contributed by atoms with E-state index in [2.05, 4.69) is 15.9 Å². The molecule has 1 aromatic carbocycles.